The van der Waals surface area contributed by atoms with E-state index in [2.05, 4.69) is 20.9 Å². The van der Waals surface area contributed by atoms with E-state index in [1.807, 2.05) is 24.3 Å². The molecule has 0 radical (unpaired) electrons. The summed E-state index contributed by atoms with van der Waals surface area (Å²) >= 11 is 3.40. The van der Waals surface area contributed by atoms with Gasteiger partial charge in [-0.15, -0.1) is 0 Å². The van der Waals surface area contributed by atoms with Crippen LogP contribution in [0.25, 0.3) is 6.08 Å². The van der Waals surface area contributed by atoms with Crippen molar-refractivity contribution < 1.29 is 19.1 Å². The molecule has 0 amide bonds. The van der Waals surface area contributed by atoms with Crippen molar-refractivity contribution in [3.63, 3.8) is 0 Å². The highest BCUT2D eigenvalue weighted by molar-refractivity contribution is 9.10. The summed E-state index contributed by atoms with van der Waals surface area (Å²) in [6.45, 7) is 0. The molecule has 1 aliphatic heterocycles. The number of cyclic esters (lactones) is 1. The summed E-state index contributed by atoms with van der Waals surface area (Å²) in [7, 11) is 0. The molecule has 0 aromatic heterocycles. The highest BCUT2D eigenvalue weighted by atomic mass is 79.9. The Hall–Kier alpha value is -3.51. The third-order valence-corrected chi connectivity index (χ3v) is 4.61. The molecule has 3 aromatic rings. The first-order chi connectivity index (χ1) is 14.1. The molecule has 0 atom stereocenters. The Morgan fingerprint density at radius 2 is 1.66 bits per heavy atom. The van der Waals surface area contributed by atoms with E-state index >= 15 is 0 Å². The van der Waals surface area contributed by atoms with Crippen molar-refractivity contribution >= 4 is 39.8 Å². The largest absolute Gasteiger partial charge is 0.422 e. The van der Waals surface area contributed by atoms with E-state index in [1.54, 1.807) is 54.6 Å². The predicted octanol–water partition coefficient (Wildman–Crippen LogP) is 5.01. The molecule has 0 saturated heterocycles. The van der Waals surface area contributed by atoms with E-state index in [9.17, 15) is 9.59 Å². The summed E-state index contributed by atoms with van der Waals surface area (Å²) in [6.07, 6.45) is 1.54. The number of rotatable bonds is 4. The minimum atomic E-state index is -0.566. The zero-order valence-electron chi connectivity index (χ0n) is 15.0. The average Bonchev–Trinajstić information content (AvgIpc) is 3.11. The molecule has 0 fully saturated rings. The minimum Gasteiger partial charge on any atom is -0.422 e. The second-order valence-corrected chi connectivity index (χ2v) is 7.06. The molecule has 3 aromatic carbocycles. The molecule has 0 bridgehead atoms. The van der Waals surface area contributed by atoms with Crippen molar-refractivity contribution in [2.45, 2.75) is 0 Å². The highest BCUT2D eigenvalue weighted by Gasteiger charge is 2.24. The zero-order chi connectivity index (χ0) is 20.2. The molecule has 142 valence electrons. The van der Waals surface area contributed by atoms with Gasteiger partial charge in [-0.2, -0.15) is 0 Å². The lowest BCUT2D eigenvalue weighted by atomic mass is 10.1. The van der Waals surface area contributed by atoms with Gasteiger partial charge in [0.25, 0.3) is 0 Å². The second-order valence-electron chi connectivity index (χ2n) is 6.14. The number of ether oxygens (including phenoxy) is 2. The van der Waals surface area contributed by atoms with Gasteiger partial charge in [0, 0.05) is 15.6 Å². The zero-order valence-corrected chi connectivity index (χ0v) is 16.6. The van der Waals surface area contributed by atoms with Crippen molar-refractivity contribution in [3.8, 4) is 5.75 Å². The molecule has 0 saturated carbocycles. The third-order valence-electron chi connectivity index (χ3n) is 4.12. The van der Waals surface area contributed by atoms with Crippen LogP contribution in [0.1, 0.15) is 21.5 Å². The Balaban J connectivity index is 1.66. The van der Waals surface area contributed by atoms with Gasteiger partial charge < -0.3 is 9.47 Å². The molecule has 0 aliphatic carbocycles. The first kappa shape index (κ1) is 18.8. The van der Waals surface area contributed by atoms with Crippen molar-refractivity contribution in [1.29, 1.82) is 0 Å². The molecule has 1 aliphatic rings. The van der Waals surface area contributed by atoms with Crippen LogP contribution in [0, 0.1) is 0 Å². The average molecular weight is 448 g/mol. The van der Waals surface area contributed by atoms with E-state index in [0.717, 1.165) is 4.47 Å². The molecule has 0 N–H and O–H groups in total. The Labute approximate surface area is 175 Å². The summed E-state index contributed by atoms with van der Waals surface area (Å²) in [4.78, 5) is 29.0. The van der Waals surface area contributed by atoms with E-state index in [0.29, 0.717) is 22.4 Å². The quantitative estimate of drug-likeness (QED) is 0.320. The summed E-state index contributed by atoms with van der Waals surface area (Å²) in [6, 6.07) is 23.0. The first-order valence-electron chi connectivity index (χ1n) is 8.75. The van der Waals surface area contributed by atoms with Crippen LogP contribution in [0.2, 0.25) is 0 Å². The van der Waals surface area contributed by atoms with Crippen molar-refractivity contribution in [2.75, 3.05) is 0 Å². The minimum absolute atomic E-state index is 0.124. The number of hydrogen-bond acceptors (Lipinski definition) is 5. The van der Waals surface area contributed by atoms with Gasteiger partial charge in [0.15, 0.2) is 5.70 Å². The molecular formula is C23H14BrNO4. The standard InChI is InChI=1S/C23H14BrNO4/c24-18-11-12-20(28-22(26)16-9-5-2-6-10-16)17(13-18)14-19-23(27)29-21(25-19)15-7-3-1-4-8-15/h1-14H. The lowest BCUT2D eigenvalue weighted by molar-refractivity contribution is -0.129. The molecule has 1 heterocycles. The lowest BCUT2D eigenvalue weighted by Crippen LogP contribution is -2.09. The van der Waals surface area contributed by atoms with Gasteiger partial charge in [0.2, 0.25) is 5.90 Å². The number of aliphatic imine (C=N–C) groups is 1. The fourth-order valence-electron chi connectivity index (χ4n) is 2.72. The van der Waals surface area contributed by atoms with Crippen LogP contribution in [0.3, 0.4) is 0 Å². The number of carbonyl (C=O) groups excluding carboxylic acids is 2. The van der Waals surface area contributed by atoms with E-state index in [-0.39, 0.29) is 11.6 Å². The number of carbonyl (C=O) groups is 2. The molecule has 4 rings (SSSR count). The monoisotopic (exact) mass is 447 g/mol. The lowest BCUT2D eigenvalue weighted by Gasteiger charge is -2.08. The fraction of sp³-hybridized carbons (Fsp3) is 0. The van der Waals surface area contributed by atoms with Crippen molar-refractivity contribution in [2.24, 2.45) is 4.99 Å². The molecule has 6 heteroatoms. The molecule has 5 nitrogen and oxygen atoms in total. The van der Waals surface area contributed by atoms with E-state index in [1.165, 1.54) is 6.08 Å². The number of nitrogens with zero attached hydrogens (tertiary/aromatic N) is 1. The van der Waals surface area contributed by atoms with Crippen LogP contribution in [0.15, 0.2) is 94.0 Å². The maximum atomic E-state index is 12.4. The molecule has 0 unspecified atom stereocenters. The Kier molecular flexibility index (Phi) is 5.35. The van der Waals surface area contributed by atoms with Crippen LogP contribution in [0.4, 0.5) is 0 Å². The normalized spacial score (nSPS) is 14.4. The van der Waals surface area contributed by atoms with Gasteiger partial charge in [-0.1, -0.05) is 52.3 Å². The summed E-state index contributed by atoms with van der Waals surface area (Å²) in [5.74, 6) is -0.510. The number of halogens is 1. The Morgan fingerprint density at radius 1 is 0.966 bits per heavy atom. The maximum Gasteiger partial charge on any atom is 0.363 e. The van der Waals surface area contributed by atoms with E-state index < -0.39 is 11.9 Å². The molecule has 0 spiro atoms. The van der Waals surface area contributed by atoms with Gasteiger partial charge in [0.1, 0.15) is 5.75 Å². The summed E-state index contributed by atoms with van der Waals surface area (Å²) in [5, 5.41) is 0. The fourth-order valence-corrected chi connectivity index (χ4v) is 3.10. The van der Waals surface area contributed by atoms with Crippen molar-refractivity contribution in [1.82, 2.24) is 0 Å². The Morgan fingerprint density at radius 3 is 2.38 bits per heavy atom. The van der Waals surface area contributed by atoms with E-state index in [4.69, 9.17) is 9.47 Å². The van der Waals surface area contributed by atoms with Gasteiger partial charge in [-0.3, -0.25) is 0 Å². The topological polar surface area (TPSA) is 65.0 Å². The summed E-state index contributed by atoms with van der Waals surface area (Å²) in [5.41, 5.74) is 1.78. The van der Waals surface area contributed by atoms with Crippen molar-refractivity contribution in [3.05, 3.63) is 106 Å². The van der Waals surface area contributed by atoms with Crippen LogP contribution in [-0.2, 0) is 9.53 Å². The first-order valence-corrected chi connectivity index (χ1v) is 9.54. The van der Waals surface area contributed by atoms with Crippen LogP contribution >= 0.6 is 15.9 Å². The third kappa shape index (κ3) is 4.33. The second kappa shape index (κ2) is 8.24. The van der Waals surface area contributed by atoms with Crippen LogP contribution in [0.5, 0.6) is 5.75 Å². The van der Waals surface area contributed by atoms with Crippen LogP contribution < -0.4 is 4.74 Å². The number of esters is 2. The van der Waals surface area contributed by atoms with Gasteiger partial charge in [-0.25, -0.2) is 14.6 Å². The highest BCUT2D eigenvalue weighted by Crippen LogP contribution is 2.28. The summed E-state index contributed by atoms with van der Waals surface area (Å²) < 4.78 is 11.6. The Bertz CT molecular complexity index is 1140. The SMILES string of the molecule is O=C1OC(c2ccccc2)=NC1=Cc1cc(Br)ccc1OC(=O)c1ccccc1. The molecule has 29 heavy (non-hydrogen) atoms. The molecular weight excluding hydrogens is 434 g/mol. The predicted molar refractivity (Wildman–Crippen MR) is 113 cm³/mol. The van der Waals surface area contributed by atoms with Gasteiger partial charge in [0.05, 0.1) is 5.56 Å². The maximum absolute atomic E-state index is 12.4. The van der Waals surface area contributed by atoms with Gasteiger partial charge in [-0.05, 0) is 48.5 Å². The number of hydrogen-bond donors (Lipinski definition) is 0. The smallest absolute Gasteiger partial charge is 0.363 e. The van der Waals surface area contributed by atoms with Gasteiger partial charge >= 0.3 is 11.9 Å². The van der Waals surface area contributed by atoms with Crippen LogP contribution in [-0.4, -0.2) is 17.8 Å². The number of benzene rings is 3.